The molecule has 2 aromatic carbocycles. The van der Waals surface area contributed by atoms with Gasteiger partial charge in [0.15, 0.2) is 0 Å². The van der Waals surface area contributed by atoms with E-state index in [4.69, 9.17) is 4.74 Å². The third-order valence-electron chi connectivity index (χ3n) is 3.74. The fourth-order valence-corrected chi connectivity index (χ4v) is 2.59. The number of esters is 1. The maximum Gasteiger partial charge on any atom is 0.361 e. The number of hydrogen-bond donors (Lipinski definition) is 0. The van der Waals surface area contributed by atoms with E-state index in [1.54, 1.807) is 37.3 Å². The highest BCUT2D eigenvalue weighted by Crippen LogP contribution is 2.24. The van der Waals surface area contributed by atoms with E-state index < -0.39 is 5.97 Å². The predicted octanol–water partition coefficient (Wildman–Crippen LogP) is 3.05. The molecule has 3 rings (SSSR count). The van der Waals surface area contributed by atoms with Crippen LogP contribution < -0.4 is 4.43 Å². The molecule has 6 nitrogen and oxygen atoms in total. The summed E-state index contributed by atoms with van der Waals surface area (Å²) >= 11 is 0. The zero-order chi connectivity index (χ0) is 17.3. The first kappa shape index (κ1) is 15.7. The van der Waals surface area contributed by atoms with Gasteiger partial charge in [0.1, 0.15) is 5.52 Å². The second kappa shape index (κ2) is 6.16. The Bertz CT molecular complexity index is 975. The Morgan fingerprint density at radius 1 is 1.17 bits per heavy atom. The molecule has 24 heavy (non-hydrogen) atoms. The summed E-state index contributed by atoms with van der Waals surface area (Å²) in [5, 5.41) is 12.7. The van der Waals surface area contributed by atoms with E-state index in [0.29, 0.717) is 14.7 Å². The molecule has 0 saturated heterocycles. The molecule has 0 aliphatic rings. The molecule has 0 saturated carbocycles. The van der Waals surface area contributed by atoms with Crippen LogP contribution in [-0.2, 0) is 4.74 Å². The number of ether oxygens (including phenoxy) is 1. The van der Waals surface area contributed by atoms with Crippen molar-refractivity contribution in [2.75, 3.05) is 6.61 Å². The van der Waals surface area contributed by atoms with Gasteiger partial charge in [0.2, 0.25) is 5.69 Å². The van der Waals surface area contributed by atoms with Gasteiger partial charge in [-0.3, -0.25) is 0 Å². The van der Waals surface area contributed by atoms with E-state index in [-0.39, 0.29) is 29.0 Å². The number of rotatable bonds is 3. The molecule has 0 aliphatic heterocycles. The maximum absolute atomic E-state index is 12.9. The molecule has 0 aliphatic carbocycles. The topological polar surface area (TPSA) is 77.3 Å². The van der Waals surface area contributed by atoms with Crippen molar-refractivity contribution in [2.45, 2.75) is 13.8 Å². The number of fused-ring (bicyclic) bond motifs is 1. The van der Waals surface area contributed by atoms with E-state index >= 15 is 0 Å². The van der Waals surface area contributed by atoms with Gasteiger partial charge in [0.05, 0.1) is 16.6 Å². The minimum Gasteiger partial charge on any atom is -0.805 e. The van der Waals surface area contributed by atoms with E-state index in [9.17, 15) is 14.9 Å². The van der Waals surface area contributed by atoms with Crippen LogP contribution in [0.2, 0.25) is 0 Å². The molecule has 1 aromatic heterocycles. The minimum atomic E-state index is -0.821. The highest BCUT2D eigenvalue weighted by molar-refractivity contribution is 5.96. The molecule has 0 spiro atoms. The Balaban J connectivity index is 2.43. The number of nitrogens with zero attached hydrogens (tertiary/aromatic N) is 2. The van der Waals surface area contributed by atoms with Crippen LogP contribution in [0.3, 0.4) is 0 Å². The smallest absolute Gasteiger partial charge is 0.361 e. The van der Waals surface area contributed by atoms with E-state index in [1.807, 2.05) is 19.1 Å². The summed E-state index contributed by atoms with van der Waals surface area (Å²) in [6, 6.07) is 13.4. The van der Waals surface area contributed by atoms with Gasteiger partial charge in [-0.05, 0) is 32.0 Å². The van der Waals surface area contributed by atoms with Crippen molar-refractivity contribution in [3.63, 3.8) is 0 Å². The van der Waals surface area contributed by atoms with Crippen LogP contribution in [0.5, 0.6) is 0 Å². The zero-order valence-electron chi connectivity index (χ0n) is 13.4. The summed E-state index contributed by atoms with van der Waals surface area (Å²) < 4.78 is 6.07. The molecule has 0 N–H and O–H groups in total. The van der Waals surface area contributed by atoms with Crippen LogP contribution >= 0.6 is 0 Å². The van der Waals surface area contributed by atoms with Crippen LogP contribution in [-0.4, -0.2) is 17.3 Å². The molecule has 3 aromatic rings. The normalized spacial score (nSPS) is 10.8. The van der Waals surface area contributed by atoms with E-state index in [1.165, 1.54) is 6.07 Å². The van der Waals surface area contributed by atoms with Crippen molar-refractivity contribution in [1.82, 2.24) is 4.73 Å². The van der Waals surface area contributed by atoms with Crippen molar-refractivity contribution in [2.24, 2.45) is 0 Å². The van der Waals surface area contributed by atoms with Gasteiger partial charge in [-0.1, -0.05) is 29.8 Å². The Morgan fingerprint density at radius 2 is 1.83 bits per heavy atom. The number of para-hydroxylation sites is 2. The molecule has 0 unspecified atom stereocenters. The summed E-state index contributed by atoms with van der Waals surface area (Å²) in [5.74, 6) is -0.821. The van der Waals surface area contributed by atoms with Gasteiger partial charge in [-0.2, -0.15) is 0 Å². The van der Waals surface area contributed by atoms with Gasteiger partial charge in [-0.15, -0.1) is 0 Å². The SMILES string of the molecule is CCOC(=O)c1c(-c2ccc(C)cc2)[n+](=O)c2ccccc2n1[O-]. The van der Waals surface area contributed by atoms with Gasteiger partial charge in [-0.25, -0.2) is 4.79 Å². The lowest BCUT2D eigenvalue weighted by atomic mass is 10.1. The highest BCUT2D eigenvalue weighted by Gasteiger charge is 2.29. The third-order valence-corrected chi connectivity index (χ3v) is 3.74. The van der Waals surface area contributed by atoms with Gasteiger partial charge < -0.3 is 14.7 Å². The first-order chi connectivity index (χ1) is 11.5. The Kier molecular flexibility index (Phi) is 4.04. The van der Waals surface area contributed by atoms with Crippen molar-refractivity contribution in [1.29, 1.82) is 0 Å². The van der Waals surface area contributed by atoms with Gasteiger partial charge in [0.25, 0.3) is 5.52 Å². The Hall–Kier alpha value is -3.15. The lowest BCUT2D eigenvalue weighted by Crippen LogP contribution is -2.28. The van der Waals surface area contributed by atoms with Crippen LogP contribution in [0.25, 0.3) is 22.3 Å². The highest BCUT2D eigenvalue weighted by atomic mass is 16.5. The Morgan fingerprint density at radius 3 is 2.50 bits per heavy atom. The second-order valence-corrected chi connectivity index (χ2v) is 5.36. The monoisotopic (exact) mass is 324 g/mol. The maximum atomic E-state index is 12.9. The summed E-state index contributed by atoms with van der Waals surface area (Å²) in [6.45, 7) is 3.66. The van der Waals surface area contributed by atoms with Crippen molar-refractivity contribution in [3.8, 4) is 11.3 Å². The predicted molar refractivity (Wildman–Crippen MR) is 90.2 cm³/mol. The standard InChI is InChI=1S/C18H16N2O4/c1-3-24-18(21)17-16(13-10-8-12(2)9-11-13)19(22)14-6-4-5-7-15(14)20(17)23/h4-11H,3H2,1-2H3. The van der Waals surface area contributed by atoms with E-state index in [0.717, 1.165) is 5.56 Å². The molecule has 1 heterocycles. The van der Waals surface area contributed by atoms with Gasteiger partial charge in [0, 0.05) is 11.0 Å². The summed E-state index contributed by atoms with van der Waals surface area (Å²) in [7, 11) is 0. The lowest BCUT2D eigenvalue weighted by molar-refractivity contribution is -0.452. The average molecular weight is 324 g/mol. The summed E-state index contributed by atoms with van der Waals surface area (Å²) in [5.41, 5.74) is 1.47. The van der Waals surface area contributed by atoms with Crippen LogP contribution in [0.15, 0.2) is 48.5 Å². The van der Waals surface area contributed by atoms with Gasteiger partial charge >= 0.3 is 11.7 Å². The molecule has 0 bridgehead atoms. The second-order valence-electron chi connectivity index (χ2n) is 5.36. The quantitative estimate of drug-likeness (QED) is 0.548. The molecular weight excluding hydrogens is 308 g/mol. The van der Waals surface area contributed by atoms with Crippen LogP contribution in [0.1, 0.15) is 23.0 Å². The number of aromatic nitrogens is 2. The fraction of sp³-hybridized carbons (Fsp3) is 0.167. The van der Waals surface area contributed by atoms with Crippen LogP contribution in [0.4, 0.5) is 0 Å². The number of carbonyl (C=O) groups excluding carboxylic acids is 1. The molecule has 0 fully saturated rings. The fourth-order valence-electron chi connectivity index (χ4n) is 2.59. The number of benzene rings is 2. The van der Waals surface area contributed by atoms with Crippen LogP contribution in [0, 0.1) is 17.0 Å². The van der Waals surface area contributed by atoms with Crippen molar-refractivity contribution in [3.05, 3.63) is 69.9 Å². The number of hydrogen-bond acceptors (Lipinski definition) is 4. The molecule has 0 atom stereocenters. The third kappa shape index (κ3) is 2.52. The van der Waals surface area contributed by atoms with E-state index in [2.05, 4.69) is 0 Å². The van der Waals surface area contributed by atoms with Crippen molar-refractivity contribution >= 4 is 17.0 Å². The largest absolute Gasteiger partial charge is 0.805 e. The molecule has 0 amide bonds. The minimum absolute atomic E-state index is 0.0119. The number of carbonyl (C=O) groups is 1. The first-order valence-corrected chi connectivity index (χ1v) is 7.56. The lowest BCUT2D eigenvalue weighted by Gasteiger charge is -2.17. The summed E-state index contributed by atoms with van der Waals surface area (Å²) in [6.07, 6.45) is 0. The molecule has 6 heteroatoms. The number of aryl methyl sites for hydroxylation is 1. The molecule has 122 valence electrons. The van der Waals surface area contributed by atoms with Crippen molar-refractivity contribution < 1.29 is 14.0 Å². The molecular formula is C18H16N2O4. The first-order valence-electron chi connectivity index (χ1n) is 7.56. The summed E-state index contributed by atoms with van der Waals surface area (Å²) in [4.78, 5) is 25.2. The molecule has 0 radical (unpaired) electrons. The Labute approximate surface area is 138 Å². The zero-order valence-corrected chi connectivity index (χ0v) is 13.4. The average Bonchev–Trinajstić information content (AvgIpc) is 2.59.